The molecule has 0 spiro atoms. The molecule has 0 bridgehead atoms. The number of amides is 1. The summed E-state index contributed by atoms with van der Waals surface area (Å²) in [5.41, 5.74) is 2.43. The van der Waals surface area contributed by atoms with Gasteiger partial charge in [-0.2, -0.15) is 0 Å². The number of pyridine rings is 1. The van der Waals surface area contributed by atoms with Crippen LogP contribution in [0.15, 0.2) is 53.3 Å². The molecule has 0 fully saturated rings. The molecule has 0 radical (unpaired) electrons. The molecule has 27 heavy (non-hydrogen) atoms. The number of aryl methyl sites for hydroxylation is 1. The van der Waals surface area contributed by atoms with E-state index in [1.807, 2.05) is 25.1 Å². The van der Waals surface area contributed by atoms with Crippen LogP contribution in [0.1, 0.15) is 21.5 Å². The molecule has 0 unspecified atom stereocenters. The van der Waals surface area contributed by atoms with E-state index in [2.05, 4.69) is 4.98 Å². The van der Waals surface area contributed by atoms with Crippen molar-refractivity contribution in [3.63, 3.8) is 0 Å². The van der Waals surface area contributed by atoms with Crippen LogP contribution in [0, 0.1) is 12.7 Å². The summed E-state index contributed by atoms with van der Waals surface area (Å²) < 4.78 is 18.2. The lowest BCUT2D eigenvalue weighted by Gasteiger charge is -2.22. The van der Waals surface area contributed by atoms with Crippen molar-refractivity contribution in [1.82, 2.24) is 9.88 Å². The summed E-state index contributed by atoms with van der Waals surface area (Å²) in [6, 6.07) is 13.0. The molecule has 140 valence electrons. The second-order valence-corrected chi connectivity index (χ2v) is 6.44. The fraction of sp³-hybridized carbons (Fsp3) is 0.238. The highest BCUT2D eigenvalue weighted by atomic mass is 19.1. The molecule has 0 aliphatic rings. The van der Waals surface area contributed by atoms with E-state index in [-0.39, 0.29) is 18.0 Å². The van der Waals surface area contributed by atoms with E-state index in [9.17, 15) is 14.0 Å². The van der Waals surface area contributed by atoms with Gasteiger partial charge < -0.3 is 14.6 Å². The van der Waals surface area contributed by atoms with Crippen molar-refractivity contribution < 1.29 is 13.9 Å². The van der Waals surface area contributed by atoms with E-state index < -0.39 is 5.82 Å². The van der Waals surface area contributed by atoms with Gasteiger partial charge in [-0.05, 0) is 54.3 Å². The fourth-order valence-electron chi connectivity index (χ4n) is 2.91. The predicted molar refractivity (Wildman–Crippen MR) is 102 cm³/mol. The van der Waals surface area contributed by atoms with Gasteiger partial charge in [0.15, 0.2) is 0 Å². The maximum absolute atomic E-state index is 13.1. The van der Waals surface area contributed by atoms with E-state index in [0.717, 1.165) is 16.5 Å². The highest BCUT2D eigenvalue weighted by Crippen LogP contribution is 2.15. The molecule has 1 amide bonds. The summed E-state index contributed by atoms with van der Waals surface area (Å²) in [5.74, 6) is -0.688. The summed E-state index contributed by atoms with van der Waals surface area (Å²) >= 11 is 0. The Morgan fingerprint density at radius 3 is 2.59 bits per heavy atom. The first-order valence-corrected chi connectivity index (χ1v) is 8.64. The third kappa shape index (κ3) is 4.41. The number of aromatic amines is 1. The average Bonchev–Trinajstić information content (AvgIpc) is 2.65. The zero-order chi connectivity index (χ0) is 19.4. The van der Waals surface area contributed by atoms with Gasteiger partial charge >= 0.3 is 0 Å². The first-order chi connectivity index (χ1) is 13.0. The fourth-order valence-corrected chi connectivity index (χ4v) is 2.91. The topological polar surface area (TPSA) is 62.4 Å². The van der Waals surface area contributed by atoms with Gasteiger partial charge in [0.05, 0.1) is 13.2 Å². The minimum Gasteiger partial charge on any atom is -0.383 e. The van der Waals surface area contributed by atoms with E-state index >= 15 is 0 Å². The number of fused-ring (bicyclic) bond motifs is 1. The Kier molecular flexibility index (Phi) is 5.66. The Hall–Kier alpha value is -2.99. The first-order valence-electron chi connectivity index (χ1n) is 8.64. The summed E-state index contributed by atoms with van der Waals surface area (Å²) in [4.78, 5) is 29.7. The van der Waals surface area contributed by atoms with E-state index in [1.165, 1.54) is 29.2 Å². The van der Waals surface area contributed by atoms with Gasteiger partial charge in [0.1, 0.15) is 5.82 Å². The number of ether oxygens (including phenoxy) is 1. The summed E-state index contributed by atoms with van der Waals surface area (Å²) in [7, 11) is 1.55. The van der Waals surface area contributed by atoms with Crippen molar-refractivity contribution in [3.8, 4) is 0 Å². The predicted octanol–water partition coefficient (Wildman–Crippen LogP) is 3.26. The van der Waals surface area contributed by atoms with Crippen molar-refractivity contribution in [2.45, 2.75) is 13.5 Å². The van der Waals surface area contributed by atoms with Crippen LogP contribution in [-0.2, 0) is 11.3 Å². The average molecular weight is 368 g/mol. The molecule has 3 rings (SSSR count). The molecule has 1 N–H and O–H groups in total. The molecule has 2 aromatic carbocycles. The number of rotatable bonds is 6. The standard InChI is InChI=1S/C21H21FN2O3/c1-14-3-4-16-12-17(20(25)23-19(16)11-14)13-24(9-10-27-2)21(26)15-5-7-18(22)8-6-15/h3-8,11-12H,9-10,13H2,1-2H3,(H,23,25). The van der Waals surface area contributed by atoms with Crippen molar-refractivity contribution >= 4 is 16.8 Å². The second kappa shape index (κ2) is 8.14. The Bertz CT molecular complexity index is 1010. The zero-order valence-corrected chi connectivity index (χ0v) is 15.3. The molecule has 6 heteroatoms. The van der Waals surface area contributed by atoms with Crippen LogP contribution >= 0.6 is 0 Å². The Morgan fingerprint density at radius 2 is 1.89 bits per heavy atom. The number of hydrogen-bond acceptors (Lipinski definition) is 3. The Labute approximate surface area is 156 Å². The number of benzene rings is 2. The zero-order valence-electron chi connectivity index (χ0n) is 15.3. The Morgan fingerprint density at radius 1 is 1.15 bits per heavy atom. The molecular formula is C21H21FN2O3. The lowest BCUT2D eigenvalue weighted by molar-refractivity contribution is 0.0679. The summed E-state index contributed by atoms with van der Waals surface area (Å²) in [6.45, 7) is 2.74. The number of carbonyl (C=O) groups is 1. The number of methoxy groups -OCH3 is 1. The van der Waals surface area contributed by atoms with Crippen LogP contribution in [0.5, 0.6) is 0 Å². The maximum atomic E-state index is 13.1. The highest BCUT2D eigenvalue weighted by Gasteiger charge is 2.18. The van der Waals surface area contributed by atoms with Crippen LogP contribution in [0.2, 0.25) is 0 Å². The van der Waals surface area contributed by atoms with E-state index in [0.29, 0.717) is 24.3 Å². The molecule has 1 aromatic heterocycles. The van der Waals surface area contributed by atoms with Crippen LogP contribution in [0.4, 0.5) is 4.39 Å². The number of halogens is 1. The van der Waals surface area contributed by atoms with Gasteiger partial charge in [-0.15, -0.1) is 0 Å². The first kappa shape index (κ1) is 18.8. The summed E-state index contributed by atoms with van der Waals surface area (Å²) in [5, 5.41) is 0.899. The van der Waals surface area contributed by atoms with Crippen LogP contribution < -0.4 is 5.56 Å². The van der Waals surface area contributed by atoms with Crippen molar-refractivity contribution in [2.24, 2.45) is 0 Å². The number of hydrogen-bond donors (Lipinski definition) is 1. The Balaban J connectivity index is 1.92. The number of H-pyrrole nitrogens is 1. The molecule has 5 nitrogen and oxygen atoms in total. The molecule has 1 heterocycles. The van der Waals surface area contributed by atoms with Crippen LogP contribution in [0.25, 0.3) is 10.9 Å². The lowest BCUT2D eigenvalue weighted by Crippen LogP contribution is -2.35. The normalized spacial score (nSPS) is 10.9. The van der Waals surface area contributed by atoms with Gasteiger partial charge in [0.2, 0.25) is 0 Å². The van der Waals surface area contributed by atoms with E-state index in [4.69, 9.17) is 4.74 Å². The molecule has 0 atom stereocenters. The van der Waals surface area contributed by atoms with E-state index in [1.54, 1.807) is 13.2 Å². The monoisotopic (exact) mass is 368 g/mol. The molecule has 3 aromatic rings. The van der Waals surface area contributed by atoms with Gasteiger partial charge in [-0.25, -0.2) is 4.39 Å². The lowest BCUT2D eigenvalue weighted by atomic mass is 10.1. The number of carbonyl (C=O) groups excluding carboxylic acids is 1. The quantitative estimate of drug-likeness (QED) is 0.726. The molecule has 0 saturated carbocycles. The largest absolute Gasteiger partial charge is 0.383 e. The molecule has 0 saturated heterocycles. The van der Waals surface area contributed by atoms with Crippen LogP contribution in [0.3, 0.4) is 0 Å². The van der Waals surface area contributed by atoms with Crippen LogP contribution in [-0.4, -0.2) is 36.1 Å². The number of nitrogens with zero attached hydrogens (tertiary/aromatic N) is 1. The number of nitrogens with one attached hydrogen (secondary N) is 1. The maximum Gasteiger partial charge on any atom is 0.254 e. The van der Waals surface area contributed by atoms with Gasteiger partial charge in [-0.1, -0.05) is 12.1 Å². The molecule has 0 aliphatic carbocycles. The smallest absolute Gasteiger partial charge is 0.254 e. The number of aromatic nitrogens is 1. The summed E-state index contributed by atoms with van der Waals surface area (Å²) in [6.07, 6.45) is 0. The SMILES string of the molecule is COCCN(Cc1cc2ccc(C)cc2[nH]c1=O)C(=O)c1ccc(F)cc1. The van der Waals surface area contributed by atoms with Gasteiger partial charge in [0.25, 0.3) is 11.5 Å². The molecule has 0 aliphatic heterocycles. The van der Waals surface area contributed by atoms with Crippen molar-refractivity contribution in [2.75, 3.05) is 20.3 Å². The van der Waals surface area contributed by atoms with Crippen molar-refractivity contribution in [1.29, 1.82) is 0 Å². The third-order valence-corrected chi connectivity index (χ3v) is 4.38. The van der Waals surface area contributed by atoms with Gasteiger partial charge in [0, 0.05) is 30.3 Å². The van der Waals surface area contributed by atoms with Gasteiger partial charge in [-0.3, -0.25) is 9.59 Å². The second-order valence-electron chi connectivity index (χ2n) is 6.44. The van der Waals surface area contributed by atoms with Crippen molar-refractivity contribution in [3.05, 3.63) is 81.4 Å². The molecular weight excluding hydrogens is 347 g/mol. The minimum absolute atomic E-state index is 0.138. The highest BCUT2D eigenvalue weighted by molar-refractivity contribution is 5.94. The third-order valence-electron chi connectivity index (χ3n) is 4.38. The minimum atomic E-state index is -0.406.